The summed E-state index contributed by atoms with van der Waals surface area (Å²) in [5.41, 5.74) is 0.966. The fraction of sp³-hybridized carbons (Fsp3) is 0.600. The summed E-state index contributed by atoms with van der Waals surface area (Å²) in [5.74, 6) is 1.93. The number of aromatic nitrogens is 1. The first-order chi connectivity index (χ1) is 13.7. The summed E-state index contributed by atoms with van der Waals surface area (Å²) in [4.78, 5) is 8.52. The molecular formula is C20H31N5O2S. The van der Waals surface area contributed by atoms with E-state index in [0.29, 0.717) is 18.5 Å². The fourth-order valence-electron chi connectivity index (χ4n) is 3.15. The molecule has 1 aliphatic heterocycles. The molecule has 1 saturated heterocycles. The predicted octanol–water partition coefficient (Wildman–Crippen LogP) is 2.99. The summed E-state index contributed by atoms with van der Waals surface area (Å²) >= 11 is 1.80. The Morgan fingerprint density at radius 3 is 2.79 bits per heavy atom. The molecule has 0 amide bonds. The Balaban J connectivity index is 1.64. The highest BCUT2D eigenvalue weighted by molar-refractivity contribution is 7.10. The van der Waals surface area contributed by atoms with Crippen molar-refractivity contribution in [2.24, 2.45) is 4.99 Å². The zero-order valence-corrected chi connectivity index (χ0v) is 17.8. The lowest BCUT2D eigenvalue weighted by Crippen LogP contribution is -2.46. The molecule has 3 heterocycles. The second kappa shape index (κ2) is 10.6. The van der Waals surface area contributed by atoms with E-state index >= 15 is 0 Å². The monoisotopic (exact) mass is 405 g/mol. The minimum atomic E-state index is 0.311. The SMILES string of the molecule is CCNC(=NCc1cc(C(C)C)no1)NCC(c1cccs1)N1CCOCC1. The average Bonchev–Trinajstić information content (AvgIpc) is 3.39. The largest absolute Gasteiger partial charge is 0.379 e. The second-order valence-corrected chi connectivity index (χ2v) is 8.11. The van der Waals surface area contributed by atoms with E-state index in [9.17, 15) is 0 Å². The molecule has 2 aromatic rings. The van der Waals surface area contributed by atoms with E-state index in [-0.39, 0.29) is 0 Å². The zero-order valence-electron chi connectivity index (χ0n) is 17.0. The molecule has 0 aromatic carbocycles. The first-order valence-corrected chi connectivity index (χ1v) is 10.9. The minimum absolute atomic E-state index is 0.311. The van der Waals surface area contributed by atoms with Crippen LogP contribution in [0.25, 0.3) is 0 Å². The molecule has 1 atom stereocenters. The van der Waals surface area contributed by atoms with Gasteiger partial charge in [-0.1, -0.05) is 25.1 Å². The second-order valence-electron chi connectivity index (χ2n) is 7.13. The average molecular weight is 406 g/mol. The van der Waals surface area contributed by atoms with Crippen LogP contribution in [0.5, 0.6) is 0 Å². The molecule has 0 saturated carbocycles. The Morgan fingerprint density at radius 1 is 1.32 bits per heavy atom. The van der Waals surface area contributed by atoms with Gasteiger partial charge in [0.25, 0.3) is 0 Å². The van der Waals surface area contributed by atoms with Gasteiger partial charge in [-0.2, -0.15) is 0 Å². The van der Waals surface area contributed by atoms with E-state index in [1.807, 2.05) is 6.07 Å². The number of hydrogen-bond donors (Lipinski definition) is 2. The summed E-state index contributed by atoms with van der Waals surface area (Å²) in [6.45, 7) is 11.8. The van der Waals surface area contributed by atoms with Crippen LogP contribution < -0.4 is 10.6 Å². The Labute approximate surface area is 171 Å². The predicted molar refractivity (Wildman–Crippen MR) is 113 cm³/mol. The Hall–Kier alpha value is -1.90. The molecule has 0 radical (unpaired) electrons. The third kappa shape index (κ3) is 5.80. The molecule has 8 heteroatoms. The van der Waals surface area contributed by atoms with E-state index < -0.39 is 0 Å². The number of ether oxygens (including phenoxy) is 1. The summed E-state index contributed by atoms with van der Waals surface area (Å²) in [5, 5.41) is 13.1. The molecule has 1 aliphatic rings. The lowest BCUT2D eigenvalue weighted by atomic mass is 10.1. The molecule has 0 aliphatic carbocycles. The lowest BCUT2D eigenvalue weighted by molar-refractivity contribution is 0.0177. The normalized spacial score (nSPS) is 17.1. The van der Waals surface area contributed by atoms with Gasteiger partial charge >= 0.3 is 0 Å². The number of guanidine groups is 1. The number of aliphatic imine (C=N–C) groups is 1. The van der Waals surface area contributed by atoms with Crippen molar-refractivity contribution in [2.75, 3.05) is 39.4 Å². The molecular weight excluding hydrogens is 374 g/mol. The minimum Gasteiger partial charge on any atom is -0.379 e. The van der Waals surface area contributed by atoms with E-state index in [0.717, 1.165) is 56.8 Å². The van der Waals surface area contributed by atoms with Crippen LogP contribution in [0.3, 0.4) is 0 Å². The van der Waals surface area contributed by atoms with E-state index in [2.05, 4.69) is 64.0 Å². The Morgan fingerprint density at radius 2 is 2.14 bits per heavy atom. The summed E-state index contributed by atoms with van der Waals surface area (Å²) < 4.78 is 10.9. The molecule has 0 bridgehead atoms. The summed E-state index contributed by atoms with van der Waals surface area (Å²) in [7, 11) is 0. The van der Waals surface area contributed by atoms with Crippen molar-refractivity contribution in [1.29, 1.82) is 0 Å². The van der Waals surface area contributed by atoms with Crippen molar-refractivity contribution in [3.63, 3.8) is 0 Å². The highest BCUT2D eigenvalue weighted by Crippen LogP contribution is 2.25. The first kappa shape index (κ1) is 20.8. The van der Waals surface area contributed by atoms with E-state index in [1.54, 1.807) is 11.3 Å². The molecule has 2 N–H and O–H groups in total. The zero-order chi connectivity index (χ0) is 19.8. The van der Waals surface area contributed by atoms with Crippen molar-refractivity contribution >= 4 is 17.3 Å². The van der Waals surface area contributed by atoms with Crippen LogP contribution in [0.2, 0.25) is 0 Å². The third-order valence-electron chi connectivity index (χ3n) is 4.73. The van der Waals surface area contributed by atoms with Gasteiger partial charge in [0.15, 0.2) is 11.7 Å². The van der Waals surface area contributed by atoms with Gasteiger partial charge in [0.1, 0.15) is 6.54 Å². The lowest BCUT2D eigenvalue weighted by Gasteiger charge is -2.34. The van der Waals surface area contributed by atoms with Crippen LogP contribution in [-0.2, 0) is 11.3 Å². The maximum atomic E-state index is 5.53. The van der Waals surface area contributed by atoms with Crippen molar-refractivity contribution in [3.05, 3.63) is 39.9 Å². The van der Waals surface area contributed by atoms with Crippen LogP contribution in [0.4, 0.5) is 0 Å². The molecule has 0 spiro atoms. The molecule has 28 heavy (non-hydrogen) atoms. The van der Waals surface area contributed by atoms with Gasteiger partial charge in [-0.05, 0) is 24.3 Å². The highest BCUT2D eigenvalue weighted by Gasteiger charge is 2.23. The third-order valence-corrected chi connectivity index (χ3v) is 5.70. The van der Waals surface area contributed by atoms with Gasteiger partial charge in [-0.15, -0.1) is 11.3 Å². The Kier molecular flexibility index (Phi) is 7.88. The highest BCUT2D eigenvalue weighted by atomic mass is 32.1. The van der Waals surface area contributed by atoms with Gasteiger partial charge < -0.3 is 19.9 Å². The van der Waals surface area contributed by atoms with Crippen LogP contribution >= 0.6 is 11.3 Å². The quantitative estimate of drug-likeness (QED) is 0.519. The smallest absolute Gasteiger partial charge is 0.191 e. The standard InChI is InChI=1S/C20H31N5O2S/c1-4-21-20(22-13-16-12-17(15(2)3)24-27-16)23-14-18(19-6-5-11-28-19)25-7-9-26-10-8-25/h5-6,11-12,15,18H,4,7-10,13-14H2,1-3H3,(H2,21,22,23). The van der Waals surface area contributed by atoms with Crippen molar-refractivity contribution in [3.8, 4) is 0 Å². The van der Waals surface area contributed by atoms with Gasteiger partial charge in [-0.3, -0.25) is 4.90 Å². The molecule has 1 unspecified atom stereocenters. The van der Waals surface area contributed by atoms with Gasteiger partial charge in [0, 0.05) is 37.1 Å². The number of thiophene rings is 1. The van der Waals surface area contributed by atoms with Crippen LogP contribution in [0, 0.1) is 0 Å². The van der Waals surface area contributed by atoms with Crippen LogP contribution in [0.1, 0.15) is 49.1 Å². The Bertz CT molecular complexity index is 723. The topological polar surface area (TPSA) is 74.9 Å². The molecule has 154 valence electrons. The first-order valence-electron chi connectivity index (χ1n) is 10.00. The molecule has 1 fully saturated rings. The fourth-order valence-corrected chi connectivity index (χ4v) is 4.01. The van der Waals surface area contributed by atoms with Crippen molar-refractivity contribution < 1.29 is 9.26 Å². The molecule has 3 rings (SSSR count). The summed E-state index contributed by atoms with van der Waals surface area (Å²) in [6, 6.07) is 6.62. The van der Waals surface area contributed by atoms with Gasteiger partial charge in [-0.25, -0.2) is 4.99 Å². The van der Waals surface area contributed by atoms with E-state index in [1.165, 1.54) is 4.88 Å². The van der Waals surface area contributed by atoms with Gasteiger partial charge in [0.05, 0.1) is 24.9 Å². The number of rotatable bonds is 8. The van der Waals surface area contributed by atoms with Crippen molar-refractivity contribution in [1.82, 2.24) is 20.7 Å². The summed E-state index contributed by atoms with van der Waals surface area (Å²) in [6.07, 6.45) is 0. The number of hydrogen-bond acceptors (Lipinski definition) is 6. The van der Waals surface area contributed by atoms with Crippen molar-refractivity contribution in [2.45, 2.75) is 39.3 Å². The number of morpholine rings is 1. The van der Waals surface area contributed by atoms with Crippen LogP contribution in [-0.4, -0.2) is 55.4 Å². The number of nitrogens with one attached hydrogen (secondary N) is 2. The maximum Gasteiger partial charge on any atom is 0.191 e. The van der Waals surface area contributed by atoms with E-state index in [4.69, 9.17) is 9.26 Å². The molecule has 7 nitrogen and oxygen atoms in total. The van der Waals surface area contributed by atoms with Crippen LogP contribution in [0.15, 0.2) is 33.1 Å². The maximum absolute atomic E-state index is 5.53. The molecule has 2 aromatic heterocycles. The number of nitrogens with zero attached hydrogens (tertiary/aromatic N) is 3. The van der Waals surface area contributed by atoms with Gasteiger partial charge in [0.2, 0.25) is 0 Å².